The largest absolute Gasteiger partial charge is 0.220 e. The Bertz CT molecular complexity index is 280. The highest BCUT2D eigenvalue weighted by Crippen LogP contribution is 2.18. The van der Waals surface area contributed by atoms with Crippen molar-refractivity contribution in [1.82, 2.24) is 0 Å². The fourth-order valence-corrected chi connectivity index (χ4v) is 0.996. The van der Waals surface area contributed by atoms with Crippen LogP contribution in [0.1, 0.15) is 5.56 Å². The van der Waals surface area contributed by atoms with Crippen molar-refractivity contribution in [3.05, 3.63) is 29.8 Å². The van der Waals surface area contributed by atoms with Gasteiger partial charge in [-0.1, -0.05) is 5.04 Å². The molecule has 1 aromatic carbocycles. The SMILES string of the molecule is N#Cc1ccc(SOOO)cc1. The van der Waals surface area contributed by atoms with Gasteiger partial charge in [-0.2, -0.15) is 5.26 Å². The van der Waals surface area contributed by atoms with Crippen molar-refractivity contribution in [2.45, 2.75) is 4.90 Å². The third-order valence-corrected chi connectivity index (χ3v) is 1.74. The molecule has 5 heteroatoms. The smallest absolute Gasteiger partial charge is 0.0991 e. The van der Waals surface area contributed by atoms with E-state index in [4.69, 9.17) is 10.5 Å². The summed E-state index contributed by atoms with van der Waals surface area (Å²) in [5.74, 6) is 0. The highest BCUT2D eigenvalue weighted by molar-refractivity contribution is 7.94. The van der Waals surface area contributed by atoms with E-state index in [9.17, 15) is 0 Å². The van der Waals surface area contributed by atoms with Gasteiger partial charge in [-0.3, -0.25) is 0 Å². The third-order valence-electron chi connectivity index (χ3n) is 1.14. The van der Waals surface area contributed by atoms with E-state index in [0.717, 1.165) is 16.9 Å². The van der Waals surface area contributed by atoms with E-state index in [0.29, 0.717) is 5.56 Å². The van der Waals surface area contributed by atoms with Crippen molar-refractivity contribution in [3.8, 4) is 6.07 Å². The topological polar surface area (TPSA) is 62.5 Å². The van der Waals surface area contributed by atoms with Gasteiger partial charge < -0.3 is 0 Å². The van der Waals surface area contributed by atoms with E-state index in [1.165, 1.54) is 0 Å². The predicted octanol–water partition coefficient (Wildman–Crippen LogP) is 1.99. The minimum Gasteiger partial charge on any atom is -0.220 e. The van der Waals surface area contributed by atoms with Gasteiger partial charge >= 0.3 is 0 Å². The fourth-order valence-electron chi connectivity index (χ4n) is 0.640. The van der Waals surface area contributed by atoms with Gasteiger partial charge in [-0.25, -0.2) is 5.26 Å². The van der Waals surface area contributed by atoms with Crippen LogP contribution in [-0.2, 0) is 9.37 Å². The van der Waals surface area contributed by atoms with Crippen LogP contribution in [0.3, 0.4) is 0 Å². The highest BCUT2D eigenvalue weighted by Gasteiger charge is 1.95. The van der Waals surface area contributed by atoms with E-state index in [1.807, 2.05) is 6.07 Å². The van der Waals surface area contributed by atoms with E-state index in [-0.39, 0.29) is 0 Å². The van der Waals surface area contributed by atoms with Gasteiger partial charge in [0.1, 0.15) is 0 Å². The molecule has 0 saturated heterocycles. The Morgan fingerprint density at radius 1 is 1.33 bits per heavy atom. The summed E-state index contributed by atoms with van der Waals surface area (Å²) in [6.45, 7) is 0. The lowest BCUT2D eigenvalue weighted by Gasteiger charge is -1.95. The Morgan fingerprint density at radius 3 is 2.50 bits per heavy atom. The number of hydrogen-bond acceptors (Lipinski definition) is 5. The second-order valence-corrected chi connectivity index (χ2v) is 2.64. The molecule has 0 radical (unpaired) electrons. The summed E-state index contributed by atoms with van der Waals surface area (Å²) >= 11 is 0.858. The Hall–Kier alpha value is -1.06. The van der Waals surface area contributed by atoms with Crippen molar-refractivity contribution >= 4 is 12.0 Å². The maximum atomic E-state index is 8.45. The van der Waals surface area contributed by atoms with E-state index in [2.05, 4.69) is 9.37 Å². The van der Waals surface area contributed by atoms with Gasteiger partial charge in [-0.05, 0) is 24.3 Å². The fraction of sp³-hybridized carbons (Fsp3) is 0. The summed E-state index contributed by atoms with van der Waals surface area (Å²) in [5.41, 5.74) is 0.573. The molecule has 0 saturated carbocycles. The molecule has 62 valence electrons. The lowest BCUT2D eigenvalue weighted by atomic mass is 10.2. The summed E-state index contributed by atoms with van der Waals surface area (Å²) in [4.78, 5) is 0.739. The molecule has 0 amide bonds. The van der Waals surface area contributed by atoms with Crippen molar-refractivity contribution < 1.29 is 14.6 Å². The van der Waals surface area contributed by atoms with Crippen molar-refractivity contribution in [2.24, 2.45) is 0 Å². The Morgan fingerprint density at radius 2 is 2.00 bits per heavy atom. The second-order valence-electron chi connectivity index (χ2n) is 1.86. The first-order chi connectivity index (χ1) is 5.86. The van der Waals surface area contributed by atoms with Crippen molar-refractivity contribution in [1.29, 1.82) is 5.26 Å². The predicted molar refractivity (Wildman–Crippen MR) is 41.8 cm³/mol. The molecule has 1 rings (SSSR count). The van der Waals surface area contributed by atoms with Crippen LogP contribution in [0.5, 0.6) is 0 Å². The minimum atomic E-state index is 0.573. The van der Waals surface area contributed by atoms with E-state index < -0.39 is 0 Å². The minimum absolute atomic E-state index is 0.573. The van der Waals surface area contributed by atoms with Gasteiger partial charge in [-0.15, -0.1) is 4.33 Å². The van der Waals surface area contributed by atoms with E-state index in [1.54, 1.807) is 24.3 Å². The molecule has 12 heavy (non-hydrogen) atoms. The summed E-state index contributed by atoms with van der Waals surface area (Å²) < 4.78 is 4.18. The summed E-state index contributed by atoms with van der Waals surface area (Å²) in [5, 5.41) is 19.7. The number of rotatable bonds is 3. The van der Waals surface area contributed by atoms with Crippen LogP contribution >= 0.6 is 12.0 Å². The van der Waals surface area contributed by atoms with Crippen LogP contribution in [0.2, 0.25) is 0 Å². The van der Waals surface area contributed by atoms with Gasteiger partial charge in [0.25, 0.3) is 0 Å². The van der Waals surface area contributed by atoms with Crippen molar-refractivity contribution in [3.63, 3.8) is 0 Å². The van der Waals surface area contributed by atoms with Gasteiger partial charge in [0.2, 0.25) is 0 Å². The summed E-state index contributed by atoms with van der Waals surface area (Å²) in [6.07, 6.45) is 0. The number of benzene rings is 1. The van der Waals surface area contributed by atoms with E-state index >= 15 is 0 Å². The molecule has 0 bridgehead atoms. The number of hydrogen-bond donors (Lipinski definition) is 1. The molecule has 0 fully saturated rings. The van der Waals surface area contributed by atoms with Crippen LogP contribution in [0.25, 0.3) is 0 Å². The lowest BCUT2D eigenvalue weighted by molar-refractivity contribution is -0.432. The molecule has 1 N–H and O–H groups in total. The third kappa shape index (κ3) is 2.53. The van der Waals surface area contributed by atoms with Crippen LogP contribution in [0.15, 0.2) is 29.2 Å². The number of nitriles is 1. The first-order valence-corrected chi connectivity index (χ1v) is 3.76. The molecule has 0 aliphatic heterocycles. The number of nitrogens with zero attached hydrogens (tertiary/aromatic N) is 1. The van der Waals surface area contributed by atoms with Crippen LogP contribution in [0, 0.1) is 11.3 Å². The normalized spacial score (nSPS) is 9.33. The summed E-state index contributed by atoms with van der Waals surface area (Å²) in [6, 6.07) is 8.63. The Kier molecular flexibility index (Phi) is 3.57. The Balaban J connectivity index is 2.60. The summed E-state index contributed by atoms with van der Waals surface area (Å²) in [7, 11) is 0. The zero-order valence-electron chi connectivity index (χ0n) is 5.93. The molecule has 1 aromatic rings. The quantitative estimate of drug-likeness (QED) is 0.441. The molecule has 0 atom stereocenters. The van der Waals surface area contributed by atoms with Crippen LogP contribution in [0.4, 0.5) is 0 Å². The zero-order chi connectivity index (χ0) is 8.81. The van der Waals surface area contributed by atoms with Crippen LogP contribution in [-0.4, -0.2) is 5.26 Å². The first-order valence-electron chi connectivity index (χ1n) is 3.02. The molecule has 0 spiro atoms. The maximum absolute atomic E-state index is 8.45. The lowest BCUT2D eigenvalue weighted by Crippen LogP contribution is -1.79. The average molecular weight is 183 g/mol. The zero-order valence-corrected chi connectivity index (χ0v) is 6.75. The second kappa shape index (κ2) is 4.74. The monoisotopic (exact) mass is 183 g/mol. The van der Waals surface area contributed by atoms with Gasteiger partial charge in [0.15, 0.2) is 0 Å². The maximum Gasteiger partial charge on any atom is 0.0991 e. The molecule has 4 nitrogen and oxygen atoms in total. The highest BCUT2D eigenvalue weighted by atomic mass is 32.2. The van der Waals surface area contributed by atoms with Crippen LogP contribution < -0.4 is 0 Å². The van der Waals surface area contributed by atoms with Crippen molar-refractivity contribution in [2.75, 3.05) is 0 Å². The van der Waals surface area contributed by atoms with Gasteiger partial charge in [0, 0.05) is 4.90 Å². The average Bonchev–Trinajstić information content (AvgIpc) is 2.15. The standard InChI is InChI=1S/C7H5NO3S/c8-5-6-1-3-7(4-2-6)12-11-10-9/h1-4,9H. The molecule has 0 heterocycles. The Labute approximate surface area is 73.4 Å². The van der Waals surface area contributed by atoms with Gasteiger partial charge in [0.05, 0.1) is 23.7 Å². The molecular weight excluding hydrogens is 178 g/mol. The molecule has 0 aliphatic rings. The molecule has 0 aromatic heterocycles. The molecule has 0 aliphatic carbocycles. The first kappa shape index (κ1) is 9.03. The molecule has 0 unspecified atom stereocenters. The molecular formula is C7H5NO3S.